The Hall–Kier alpha value is -0.380. The minimum absolute atomic E-state index is 0.468. The van der Waals surface area contributed by atoms with E-state index in [1.807, 2.05) is 0 Å². The summed E-state index contributed by atoms with van der Waals surface area (Å²) in [6.45, 7) is 11.5. The molecule has 1 saturated heterocycles. The molecule has 3 heteroatoms. The molecule has 0 spiro atoms. The van der Waals surface area contributed by atoms with Crippen LogP contribution in [0.15, 0.2) is 28.7 Å². The number of halogens is 1. The average Bonchev–Trinajstić information content (AvgIpc) is 2.38. The Kier molecular flexibility index (Phi) is 5.04. The van der Waals surface area contributed by atoms with E-state index in [2.05, 4.69) is 78.1 Å². The van der Waals surface area contributed by atoms with Crippen molar-refractivity contribution in [1.82, 2.24) is 10.2 Å². The smallest absolute Gasteiger partial charge is 0.0324 e. The highest BCUT2D eigenvalue weighted by Gasteiger charge is 2.30. The molecule has 1 N–H and O–H groups in total. The standard InChI is InChI=1S/C16H25BrN2/c1-11(2)16-10-19(12(3)9-18-16)13(4)14-6-5-7-15(17)8-14/h5-8,11-13,16,18H,9-10H2,1-4H3. The van der Waals surface area contributed by atoms with Crippen LogP contribution in [-0.4, -0.2) is 30.1 Å². The van der Waals surface area contributed by atoms with E-state index in [9.17, 15) is 0 Å². The summed E-state index contributed by atoms with van der Waals surface area (Å²) in [5.74, 6) is 0.685. The summed E-state index contributed by atoms with van der Waals surface area (Å²) in [5.41, 5.74) is 1.39. The van der Waals surface area contributed by atoms with Crippen molar-refractivity contribution in [2.24, 2.45) is 5.92 Å². The fourth-order valence-corrected chi connectivity index (χ4v) is 3.27. The quantitative estimate of drug-likeness (QED) is 0.909. The fraction of sp³-hybridized carbons (Fsp3) is 0.625. The van der Waals surface area contributed by atoms with Crippen LogP contribution in [0.3, 0.4) is 0 Å². The van der Waals surface area contributed by atoms with Crippen molar-refractivity contribution in [3.05, 3.63) is 34.3 Å². The molecule has 0 aromatic heterocycles. The molecule has 0 radical (unpaired) electrons. The Balaban J connectivity index is 2.14. The topological polar surface area (TPSA) is 15.3 Å². The number of nitrogens with zero attached hydrogens (tertiary/aromatic N) is 1. The lowest BCUT2D eigenvalue weighted by Gasteiger charge is -2.43. The number of nitrogens with one attached hydrogen (secondary N) is 1. The first kappa shape index (κ1) is 15.0. The minimum Gasteiger partial charge on any atom is -0.311 e. The highest BCUT2D eigenvalue weighted by atomic mass is 79.9. The summed E-state index contributed by atoms with van der Waals surface area (Å²) in [7, 11) is 0. The van der Waals surface area contributed by atoms with E-state index in [1.165, 1.54) is 10.0 Å². The monoisotopic (exact) mass is 324 g/mol. The molecule has 3 unspecified atom stereocenters. The van der Waals surface area contributed by atoms with Gasteiger partial charge in [-0.2, -0.15) is 0 Å². The molecule has 0 bridgehead atoms. The predicted molar refractivity (Wildman–Crippen MR) is 85.4 cm³/mol. The lowest BCUT2D eigenvalue weighted by Crippen LogP contribution is -2.57. The van der Waals surface area contributed by atoms with Gasteiger partial charge in [0.1, 0.15) is 0 Å². The van der Waals surface area contributed by atoms with E-state index >= 15 is 0 Å². The summed E-state index contributed by atoms with van der Waals surface area (Å²) < 4.78 is 1.17. The molecule has 19 heavy (non-hydrogen) atoms. The van der Waals surface area contributed by atoms with E-state index in [1.54, 1.807) is 0 Å². The van der Waals surface area contributed by atoms with Crippen molar-refractivity contribution in [3.8, 4) is 0 Å². The molecule has 2 rings (SSSR count). The molecule has 0 saturated carbocycles. The number of hydrogen-bond donors (Lipinski definition) is 1. The Bertz CT molecular complexity index is 419. The van der Waals surface area contributed by atoms with Gasteiger partial charge in [0, 0.05) is 35.7 Å². The molecule has 1 fully saturated rings. The highest BCUT2D eigenvalue weighted by Crippen LogP contribution is 2.27. The molecule has 1 heterocycles. The van der Waals surface area contributed by atoms with Gasteiger partial charge in [0.05, 0.1) is 0 Å². The van der Waals surface area contributed by atoms with Crippen LogP contribution in [0, 0.1) is 5.92 Å². The second-order valence-electron chi connectivity index (χ2n) is 6.04. The van der Waals surface area contributed by atoms with Crippen molar-refractivity contribution in [3.63, 3.8) is 0 Å². The zero-order chi connectivity index (χ0) is 14.0. The molecule has 3 atom stereocenters. The molecule has 2 nitrogen and oxygen atoms in total. The number of benzene rings is 1. The van der Waals surface area contributed by atoms with Crippen molar-refractivity contribution >= 4 is 15.9 Å². The lowest BCUT2D eigenvalue weighted by molar-refractivity contribution is 0.0852. The molecule has 0 amide bonds. The van der Waals surface area contributed by atoms with Crippen molar-refractivity contribution in [2.45, 2.75) is 45.8 Å². The van der Waals surface area contributed by atoms with Gasteiger partial charge >= 0.3 is 0 Å². The van der Waals surface area contributed by atoms with E-state index < -0.39 is 0 Å². The van der Waals surface area contributed by atoms with Gasteiger partial charge in [0.25, 0.3) is 0 Å². The van der Waals surface area contributed by atoms with Gasteiger partial charge in [0.15, 0.2) is 0 Å². The Morgan fingerprint density at radius 2 is 2.05 bits per heavy atom. The zero-order valence-electron chi connectivity index (χ0n) is 12.4. The zero-order valence-corrected chi connectivity index (χ0v) is 13.9. The third kappa shape index (κ3) is 3.59. The summed E-state index contributed by atoms with van der Waals surface area (Å²) in [6, 6.07) is 10.3. The SMILES string of the molecule is CC(C)C1CN(C(C)c2cccc(Br)c2)C(C)CN1. The molecule has 1 aromatic rings. The van der Waals surface area contributed by atoms with Gasteiger partial charge in [-0.1, -0.05) is 41.9 Å². The maximum absolute atomic E-state index is 3.67. The third-order valence-corrected chi connectivity index (χ3v) is 4.78. The summed E-state index contributed by atoms with van der Waals surface area (Å²) in [6.07, 6.45) is 0. The second kappa shape index (κ2) is 6.38. The Morgan fingerprint density at radius 3 is 2.68 bits per heavy atom. The maximum atomic E-state index is 3.67. The van der Waals surface area contributed by atoms with Crippen LogP contribution in [0.2, 0.25) is 0 Å². The van der Waals surface area contributed by atoms with Crippen LogP contribution in [-0.2, 0) is 0 Å². The molecule has 1 aliphatic heterocycles. The van der Waals surface area contributed by atoms with E-state index in [4.69, 9.17) is 0 Å². The van der Waals surface area contributed by atoms with Crippen molar-refractivity contribution in [1.29, 1.82) is 0 Å². The van der Waals surface area contributed by atoms with E-state index in [-0.39, 0.29) is 0 Å². The van der Waals surface area contributed by atoms with Gasteiger partial charge in [0.2, 0.25) is 0 Å². The average molecular weight is 325 g/mol. The second-order valence-corrected chi connectivity index (χ2v) is 6.95. The van der Waals surface area contributed by atoms with Gasteiger partial charge in [-0.25, -0.2) is 0 Å². The van der Waals surface area contributed by atoms with Crippen LogP contribution in [0.4, 0.5) is 0 Å². The fourth-order valence-electron chi connectivity index (χ4n) is 2.86. The van der Waals surface area contributed by atoms with Crippen LogP contribution in [0.5, 0.6) is 0 Å². The normalized spacial score (nSPS) is 26.6. The van der Waals surface area contributed by atoms with Gasteiger partial charge < -0.3 is 5.32 Å². The number of hydrogen-bond acceptors (Lipinski definition) is 2. The molecule has 0 aliphatic carbocycles. The molecule has 106 valence electrons. The van der Waals surface area contributed by atoms with E-state index in [0.29, 0.717) is 24.0 Å². The lowest BCUT2D eigenvalue weighted by atomic mass is 9.96. The summed E-state index contributed by atoms with van der Waals surface area (Å²) in [5, 5.41) is 3.67. The van der Waals surface area contributed by atoms with Crippen LogP contribution in [0.1, 0.15) is 39.3 Å². The molecular formula is C16H25BrN2. The number of rotatable bonds is 3. The van der Waals surface area contributed by atoms with E-state index in [0.717, 1.165) is 13.1 Å². The molecule has 1 aliphatic rings. The van der Waals surface area contributed by atoms with Crippen LogP contribution in [0.25, 0.3) is 0 Å². The number of piperazine rings is 1. The first-order valence-corrected chi connectivity index (χ1v) is 8.03. The van der Waals surface area contributed by atoms with Crippen molar-refractivity contribution in [2.75, 3.05) is 13.1 Å². The summed E-state index contributed by atoms with van der Waals surface area (Å²) >= 11 is 3.57. The molecule has 1 aromatic carbocycles. The Labute approximate surface area is 125 Å². The van der Waals surface area contributed by atoms with Gasteiger partial charge in [-0.3, -0.25) is 4.90 Å². The van der Waals surface area contributed by atoms with Gasteiger partial charge in [-0.15, -0.1) is 0 Å². The van der Waals surface area contributed by atoms with Crippen LogP contribution >= 0.6 is 15.9 Å². The predicted octanol–water partition coefficient (Wildman–Crippen LogP) is 3.83. The Morgan fingerprint density at radius 1 is 1.32 bits per heavy atom. The minimum atomic E-state index is 0.468. The maximum Gasteiger partial charge on any atom is 0.0324 e. The van der Waals surface area contributed by atoms with Gasteiger partial charge in [-0.05, 0) is 37.5 Å². The first-order valence-electron chi connectivity index (χ1n) is 7.23. The third-order valence-electron chi connectivity index (χ3n) is 4.28. The first-order chi connectivity index (χ1) is 8.99. The largest absolute Gasteiger partial charge is 0.311 e. The highest BCUT2D eigenvalue weighted by molar-refractivity contribution is 9.10. The molecular weight excluding hydrogens is 300 g/mol. The van der Waals surface area contributed by atoms with Crippen molar-refractivity contribution < 1.29 is 0 Å². The summed E-state index contributed by atoms with van der Waals surface area (Å²) in [4.78, 5) is 2.63. The van der Waals surface area contributed by atoms with Crippen LogP contribution < -0.4 is 5.32 Å².